The molecule has 0 saturated heterocycles. The van der Waals surface area contributed by atoms with Crippen LogP contribution in [0.4, 0.5) is 0 Å². The van der Waals surface area contributed by atoms with Crippen molar-refractivity contribution in [1.82, 2.24) is 5.16 Å². The minimum atomic E-state index is 0.442. The molecule has 0 spiro atoms. The summed E-state index contributed by atoms with van der Waals surface area (Å²) in [5, 5.41) is 3.98. The SMILES string of the molecule is CC/C=C\C/C=C(\C)CCc1noc(OC)c1Br. The van der Waals surface area contributed by atoms with Crippen molar-refractivity contribution in [2.24, 2.45) is 0 Å². The molecule has 0 N–H and O–H groups in total. The fraction of sp³-hybridized carbons (Fsp3) is 0.500. The van der Waals surface area contributed by atoms with Gasteiger partial charge >= 0.3 is 5.95 Å². The summed E-state index contributed by atoms with van der Waals surface area (Å²) in [5.41, 5.74) is 2.27. The second kappa shape index (κ2) is 8.14. The Hall–Kier alpha value is -1.03. The summed E-state index contributed by atoms with van der Waals surface area (Å²) in [6.07, 6.45) is 10.6. The van der Waals surface area contributed by atoms with Gasteiger partial charge in [-0.15, -0.1) is 0 Å². The molecule has 0 aliphatic carbocycles. The van der Waals surface area contributed by atoms with Crippen LogP contribution in [0.25, 0.3) is 0 Å². The zero-order valence-corrected chi connectivity index (χ0v) is 12.8. The fourth-order valence-corrected chi connectivity index (χ4v) is 2.03. The van der Waals surface area contributed by atoms with Gasteiger partial charge in [0.15, 0.2) is 0 Å². The fourth-order valence-electron chi connectivity index (χ4n) is 1.53. The third-order valence-electron chi connectivity index (χ3n) is 2.62. The molecule has 0 aromatic carbocycles. The molecule has 1 aromatic heterocycles. The number of hydrogen-bond donors (Lipinski definition) is 0. The van der Waals surface area contributed by atoms with Crippen LogP contribution in [0.1, 0.15) is 38.8 Å². The van der Waals surface area contributed by atoms with Gasteiger partial charge in [-0.25, -0.2) is 0 Å². The van der Waals surface area contributed by atoms with Crippen LogP contribution in [-0.2, 0) is 6.42 Å². The van der Waals surface area contributed by atoms with Crippen molar-refractivity contribution in [2.45, 2.75) is 39.5 Å². The number of nitrogens with zero attached hydrogens (tertiary/aromatic N) is 1. The number of hydrogen-bond acceptors (Lipinski definition) is 3. The molecule has 0 radical (unpaired) electrons. The maximum Gasteiger partial charge on any atom is 0.325 e. The zero-order chi connectivity index (χ0) is 13.4. The maximum absolute atomic E-state index is 5.04. The topological polar surface area (TPSA) is 35.3 Å². The highest BCUT2D eigenvalue weighted by Gasteiger charge is 2.13. The smallest absolute Gasteiger partial charge is 0.325 e. The molecule has 1 rings (SSSR count). The van der Waals surface area contributed by atoms with Crippen LogP contribution in [0.15, 0.2) is 32.8 Å². The van der Waals surface area contributed by atoms with Gasteiger partial charge in [0.25, 0.3) is 0 Å². The molecule has 1 aromatic rings. The Labute approximate surface area is 117 Å². The highest BCUT2D eigenvalue weighted by atomic mass is 79.9. The van der Waals surface area contributed by atoms with Crippen molar-refractivity contribution in [1.29, 1.82) is 0 Å². The number of halogens is 1. The molecular formula is C14H20BrNO2. The van der Waals surface area contributed by atoms with Gasteiger partial charge in [0, 0.05) is 0 Å². The van der Waals surface area contributed by atoms with E-state index in [4.69, 9.17) is 9.26 Å². The normalized spacial score (nSPS) is 12.3. The Morgan fingerprint density at radius 3 is 2.83 bits per heavy atom. The van der Waals surface area contributed by atoms with Crippen molar-refractivity contribution in [3.8, 4) is 5.95 Å². The summed E-state index contributed by atoms with van der Waals surface area (Å²) < 4.78 is 10.9. The van der Waals surface area contributed by atoms with Gasteiger partial charge in [-0.2, -0.15) is 0 Å². The van der Waals surface area contributed by atoms with Crippen molar-refractivity contribution >= 4 is 15.9 Å². The number of aryl methyl sites for hydroxylation is 1. The summed E-state index contributed by atoms with van der Waals surface area (Å²) in [6.45, 7) is 4.29. The maximum atomic E-state index is 5.04. The first-order valence-corrected chi connectivity index (χ1v) is 6.97. The predicted octanol–water partition coefficient (Wildman–Crippen LogP) is 4.68. The van der Waals surface area contributed by atoms with E-state index in [1.807, 2.05) is 0 Å². The van der Waals surface area contributed by atoms with E-state index in [1.165, 1.54) is 5.57 Å². The monoisotopic (exact) mass is 313 g/mol. The lowest BCUT2D eigenvalue weighted by Crippen LogP contribution is -1.88. The van der Waals surface area contributed by atoms with Crippen molar-refractivity contribution in [2.75, 3.05) is 7.11 Å². The minimum Gasteiger partial charge on any atom is -0.466 e. The Kier molecular flexibility index (Phi) is 6.80. The largest absolute Gasteiger partial charge is 0.466 e. The van der Waals surface area contributed by atoms with E-state index in [2.05, 4.69) is 53.2 Å². The zero-order valence-electron chi connectivity index (χ0n) is 11.2. The van der Waals surface area contributed by atoms with Crippen molar-refractivity contribution in [3.63, 3.8) is 0 Å². The Bertz CT molecular complexity index is 421. The number of methoxy groups -OCH3 is 1. The Balaban J connectivity index is 2.44. The highest BCUT2D eigenvalue weighted by Crippen LogP contribution is 2.29. The van der Waals surface area contributed by atoms with Crippen LogP contribution in [-0.4, -0.2) is 12.3 Å². The van der Waals surface area contributed by atoms with E-state index in [0.717, 1.165) is 35.8 Å². The molecule has 0 amide bonds. The number of rotatable bonds is 7. The molecule has 0 bridgehead atoms. The van der Waals surface area contributed by atoms with Gasteiger partial charge in [-0.3, -0.25) is 0 Å². The highest BCUT2D eigenvalue weighted by molar-refractivity contribution is 9.10. The van der Waals surface area contributed by atoms with Crippen molar-refractivity contribution in [3.05, 3.63) is 34.0 Å². The van der Waals surface area contributed by atoms with Crippen LogP contribution in [0, 0.1) is 0 Å². The predicted molar refractivity (Wildman–Crippen MR) is 76.9 cm³/mol. The molecule has 1 heterocycles. The number of allylic oxidation sites excluding steroid dienone is 4. The van der Waals surface area contributed by atoms with Gasteiger partial charge in [-0.1, -0.05) is 35.9 Å². The van der Waals surface area contributed by atoms with Crippen LogP contribution >= 0.6 is 15.9 Å². The first-order chi connectivity index (χ1) is 8.69. The molecule has 0 atom stereocenters. The van der Waals surface area contributed by atoms with E-state index in [9.17, 15) is 0 Å². The van der Waals surface area contributed by atoms with E-state index < -0.39 is 0 Å². The molecule has 3 nitrogen and oxygen atoms in total. The van der Waals surface area contributed by atoms with E-state index in [-0.39, 0.29) is 0 Å². The molecule has 4 heteroatoms. The second-order valence-electron chi connectivity index (χ2n) is 4.10. The quantitative estimate of drug-likeness (QED) is 0.685. The lowest BCUT2D eigenvalue weighted by Gasteiger charge is -1.98. The molecule has 0 aliphatic rings. The van der Waals surface area contributed by atoms with Gasteiger partial charge in [-0.05, 0) is 48.5 Å². The lowest BCUT2D eigenvalue weighted by molar-refractivity contribution is 0.258. The lowest BCUT2D eigenvalue weighted by atomic mass is 10.1. The summed E-state index contributed by atoms with van der Waals surface area (Å²) in [7, 11) is 1.57. The van der Waals surface area contributed by atoms with Gasteiger partial charge in [0.1, 0.15) is 10.2 Å². The molecule has 0 saturated carbocycles. The summed E-state index contributed by atoms with van der Waals surface area (Å²) >= 11 is 3.42. The van der Waals surface area contributed by atoms with E-state index in [0.29, 0.717) is 5.95 Å². The molecule has 0 unspecified atom stereocenters. The average Bonchev–Trinajstić information content (AvgIpc) is 2.73. The Morgan fingerprint density at radius 2 is 2.22 bits per heavy atom. The standard InChI is InChI=1S/C14H20BrNO2/c1-4-5-6-7-8-11(2)9-10-12-13(15)14(17-3)18-16-12/h5-6,8H,4,7,9-10H2,1-3H3/b6-5-,11-8+. The van der Waals surface area contributed by atoms with Gasteiger partial charge < -0.3 is 9.26 Å². The molecular weight excluding hydrogens is 294 g/mol. The molecule has 0 fully saturated rings. The average molecular weight is 314 g/mol. The third kappa shape index (κ3) is 4.69. The third-order valence-corrected chi connectivity index (χ3v) is 3.40. The second-order valence-corrected chi connectivity index (χ2v) is 4.89. The molecule has 0 aliphatic heterocycles. The van der Waals surface area contributed by atoms with E-state index >= 15 is 0 Å². The van der Waals surface area contributed by atoms with Crippen molar-refractivity contribution < 1.29 is 9.26 Å². The first kappa shape index (κ1) is 15.0. The molecule has 100 valence electrons. The summed E-state index contributed by atoms with van der Waals surface area (Å²) in [6, 6.07) is 0. The van der Waals surface area contributed by atoms with Crippen LogP contribution in [0.3, 0.4) is 0 Å². The first-order valence-electron chi connectivity index (χ1n) is 6.17. The summed E-state index contributed by atoms with van der Waals surface area (Å²) in [4.78, 5) is 0. The molecule has 18 heavy (non-hydrogen) atoms. The van der Waals surface area contributed by atoms with Gasteiger partial charge in [0.2, 0.25) is 0 Å². The van der Waals surface area contributed by atoms with Crippen LogP contribution in [0.5, 0.6) is 5.95 Å². The number of ether oxygens (including phenoxy) is 1. The minimum absolute atomic E-state index is 0.442. The van der Waals surface area contributed by atoms with Gasteiger partial charge in [0.05, 0.1) is 7.11 Å². The Morgan fingerprint density at radius 1 is 1.44 bits per heavy atom. The number of aromatic nitrogens is 1. The van der Waals surface area contributed by atoms with Crippen LogP contribution < -0.4 is 4.74 Å². The van der Waals surface area contributed by atoms with Crippen LogP contribution in [0.2, 0.25) is 0 Å². The van der Waals surface area contributed by atoms with E-state index in [1.54, 1.807) is 7.11 Å². The summed E-state index contributed by atoms with van der Waals surface area (Å²) in [5.74, 6) is 0.442.